The Morgan fingerprint density at radius 1 is 1.21 bits per heavy atom. The molecule has 0 spiro atoms. The highest BCUT2D eigenvalue weighted by Gasteiger charge is 2.28. The van der Waals surface area contributed by atoms with Gasteiger partial charge in [0.2, 0.25) is 0 Å². The quantitative estimate of drug-likeness (QED) is 0.293. The SMILES string of the molecule is Cc1nn(C(F)F)cc1-c1[nH]c2ncc3c(c2c1-c1ccc(OCC(C)O)cc1)n(C1CCCC1)c(=O)n3C. The maximum absolute atomic E-state index is 13.6. The van der Waals surface area contributed by atoms with Crippen LogP contribution in [0.1, 0.15) is 50.9 Å². The van der Waals surface area contributed by atoms with Gasteiger partial charge in [-0.3, -0.25) is 9.13 Å². The van der Waals surface area contributed by atoms with Gasteiger partial charge in [-0.15, -0.1) is 0 Å². The lowest BCUT2D eigenvalue weighted by Crippen LogP contribution is -2.24. The first-order chi connectivity index (χ1) is 18.7. The predicted molar refractivity (Wildman–Crippen MR) is 144 cm³/mol. The Labute approximate surface area is 222 Å². The number of hydrogen-bond donors (Lipinski definition) is 2. The number of fused-ring (bicyclic) bond motifs is 3. The molecular weight excluding hydrogens is 506 g/mol. The zero-order valence-corrected chi connectivity index (χ0v) is 22.0. The van der Waals surface area contributed by atoms with Crippen LogP contribution >= 0.6 is 0 Å². The lowest BCUT2D eigenvalue weighted by molar-refractivity contribution is 0.0563. The minimum atomic E-state index is -2.78. The minimum absolute atomic E-state index is 0.0811. The Morgan fingerprint density at radius 3 is 2.56 bits per heavy atom. The highest BCUT2D eigenvalue weighted by Crippen LogP contribution is 2.43. The summed E-state index contributed by atoms with van der Waals surface area (Å²) in [6.45, 7) is 0.723. The second-order valence-electron chi connectivity index (χ2n) is 10.3. The summed E-state index contributed by atoms with van der Waals surface area (Å²) in [5.41, 5.74) is 5.07. The van der Waals surface area contributed by atoms with E-state index in [1.807, 2.05) is 16.7 Å². The van der Waals surface area contributed by atoms with Crippen molar-refractivity contribution >= 4 is 22.1 Å². The van der Waals surface area contributed by atoms with E-state index in [4.69, 9.17) is 4.74 Å². The molecule has 0 saturated heterocycles. The van der Waals surface area contributed by atoms with Crippen LogP contribution < -0.4 is 10.4 Å². The maximum Gasteiger partial charge on any atom is 0.333 e. The highest BCUT2D eigenvalue weighted by atomic mass is 19.3. The molecule has 6 rings (SSSR count). The van der Waals surface area contributed by atoms with Gasteiger partial charge in [0, 0.05) is 30.4 Å². The molecule has 4 heterocycles. The minimum Gasteiger partial charge on any atom is -0.491 e. The molecule has 1 aliphatic rings. The van der Waals surface area contributed by atoms with Crippen molar-refractivity contribution in [3.8, 4) is 28.1 Å². The lowest BCUT2D eigenvalue weighted by Gasteiger charge is -2.13. The Morgan fingerprint density at radius 2 is 1.92 bits per heavy atom. The summed E-state index contributed by atoms with van der Waals surface area (Å²) in [5, 5.41) is 14.4. The summed E-state index contributed by atoms with van der Waals surface area (Å²) >= 11 is 0. The van der Waals surface area contributed by atoms with Crippen molar-refractivity contribution in [1.29, 1.82) is 0 Å². The van der Waals surface area contributed by atoms with Crippen LogP contribution in [-0.2, 0) is 7.05 Å². The summed E-state index contributed by atoms with van der Waals surface area (Å²) in [7, 11) is 1.75. The molecular formula is C28H30F2N6O3. The topological polar surface area (TPSA) is 103 Å². The van der Waals surface area contributed by atoms with Gasteiger partial charge in [-0.2, -0.15) is 13.9 Å². The van der Waals surface area contributed by atoms with E-state index in [1.54, 1.807) is 43.8 Å². The molecule has 1 aliphatic carbocycles. The van der Waals surface area contributed by atoms with Gasteiger partial charge in [-0.25, -0.2) is 14.5 Å². The molecule has 9 nitrogen and oxygen atoms in total. The van der Waals surface area contributed by atoms with Crippen molar-refractivity contribution in [2.24, 2.45) is 7.05 Å². The normalized spacial score (nSPS) is 15.3. The monoisotopic (exact) mass is 536 g/mol. The summed E-state index contributed by atoms with van der Waals surface area (Å²) < 4.78 is 36.9. The number of rotatable bonds is 7. The molecule has 1 atom stereocenters. The Kier molecular flexibility index (Phi) is 6.25. The van der Waals surface area contributed by atoms with Crippen LogP contribution in [-0.4, -0.2) is 46.7 Å². The van der Waals surface area contributed by atoms with Crippen LogP contribution in [0.5, 0.6) is 5.75 Å². The van der Waals surface area contributed by atoms with E-state index < -0.39 is 12.7 Å². The van der Waals surface area contributed by atoms with Crippen LogP contribution in [0.4, 0.5) is 8.78 Å². The second kappa shape index (κ2) is 9.64. The molecule has 0 amide bonds. The van der Waals surface area contributed by atoms with Gasteiger partial charge < -0.3 is 14.8 Å². The van der Waals surface area contributed by atoms with Crippen molar-refractivity contribution in [2.45, 2.75) is 58.2 Å². The molecule has 0 radical (unpaired) electrons. The third kappa shape index (κ3) is 4.21. The zero-order valence-electron chi connectivity index (χ0n) is 22.0. The third-order valence-electron chi connectivity index (χ3n) is 7.58. The summed E-state index contributed by atoms with van der Waals surface area (Å²) in [6.07, 6.45) is 6.39. The van der Waals surface area contributed by atoms with Crippen LogP contribution in [0.15, 0.2) is 41.5 Å². The van der Waals surface area contributed by atoms with Gasteiger partial charge in [0.25, 0.3) is 0 Å². The maximum atomic E-state index is 13.6. The number of aryl methyl sites for hydroxylation is 2. The van der Waals surface area contributed by atoms with Crippen molar-refractivity contribution in [1.82, 2.24) is 28.9 Å². The molecule has 2 N–H and O–H groups in total. The molecule has 1 unspecified atom stereocenters. The van der Waals surface area contributed by atoms with Crippen LogP contribution in [0, 0.1) is 6.92 Å². The number of H-pyrrole nitrogens is 1. The first kappa shape index (κ1) is 25.3. The van der Waals surface area contributed by atoms with E-state index in [1.165, 1.54) is 6.20 Å². The van der Waals surface area contributed by atoms with E-state index in [0.29, 0.717) is 38.5 Å². The zero-order chi connectivity index (χ0) is 27.4. The molecule has 1 aromatic carbocycles. The van der Waals surface area contributed by atoms with E-state index >= 15 is 0 Å². The number of alkyl halides is 2. The largest absolute Gasteiger partial charge is 0.491 e. The number of aromatic amines is 1. The molecule has 4 aromatic heterocycles. The molecule has 1 fully saturated rings. The average molecular weight is 537 g/mol. The van der Waals surface area contributed by atoms with Crippen LogP contribution in [0.3, 0.4) is 0 Å². The third-order valence-corrected chi connectivity index (χ3v) is 7.58. The first-order valence-electron chi connectivity index (χ1n) is 13.1. The number of hydrogen-bond acceptors (Lipinski definition) is 5. The van der Waals surface area contributed by atoms with Gasteiger partial charge in [0.05, 0.1) is 40.1 Å². The van der Waals surface area contributed by atoms with Crippen LogP contribution in [0.2, 0.25) is 0 Å². The Bertz CT molecular complexity index is 1720. The second-order valence-corrected chi connectivity index (χ2v) is 10.3. The molecule has 204 valence electrons. The average Bonchev–Trinajstić information content (AvgIpc) is 3.69. The smallest absolute Gasteiger partial charge is 0.333 e. The number of nitrogens with one attached hydrogen (secondary N) is 1. The van der Waals surface area contributed by atoms with Crippen molar-refractivity contribution in [2.75, 3.05) is 6.61 Å². The standard InChI is InChI=1S/C28H30F2N6O3/c1-15(37)14-39-19-10-8-17(9-11-19)22-23-25-21(34(3)28(38)36(25)18-6-4-5-7-18)12-31-26(23)32-24(22)20-13-35(27(29)30)33-16(20)2/h8-13,15,18,27,37H,4-7,14H2,1-3H3,(H,31,32). The fourth-order valence-corrected chi connectivity index (χ4v) is 5.73. The number of aromatic nitrogens is 6. The van der Waals surface area contributed by atoms with E-state index in [0.717, 1.165) is 47.7 Å². The van der Waals surface area contributed by atoms with E-state index in [9.17, 15) is 18.7 Å². The van der Waals surface area contributed by atoms with E-state index in [2.05, 4.69) is 15.1 Å². The summed E-state index contributed by atoms with van der Waals surface area (Å²) in [4.78, 5) is 21.5. The molecule has 5 aromatic rings. The Balaban J connectivity index is 1.66. The van der Waals surface area contributed by atoms with Crippen molar-refractivity contribution in [3.05, 3.63) is 52.8 Å². The molecule has 39 heavy (non-hydrogen) atoms. The van der Waals surface area contributed by atoms with Crippen LogP contribution in [0.25, 0.3) is 44.5 Å². The van der Waals surface area contributed by atoms with Crippen molar-refractivity contribution in [3.63, 3.8) is 0 Å². The number of ether oxygens (including phenoxy) is 1. The number of pyridine rings is 1. The van der Waals surface area contributed by atoms with E-state index in [-0.39, 0.29) is 18.3 Å². The summed E-state index contributed by atoms with van der Waals surface area (Å²) in [5.74, 6) is 0.591. The lowest BCUT2D eigenvalue weighted by atomic mass is 9.98. The predicted octanol–water partition coefficient (Wildman–Crippen LogP) is 5.33. The first-order valence-corrected chi connectivity index (χ1v) is 13.1. The number of halogens is 2. The number of imidazole rings is 1. The van der Waals surface area contributed by atoms with Gasteiger partial charge in [-0.05, 0) is 44.4 Å². The number of aliphatic hydroxyl groups is 1. The fraction of sp³-hybridized carbons (Fsp3) is 0.393. The van der Waals surface area contributed by atoms with Gasteiger partial charge in [-0.1, -0.05) is 25.0 Å². The number of nitrogens with zero attached hydrogens (tertiary/aromatic N) is 5. The van der Waals surface area contributed by atoms with Gasteiger partial charge in [0.1, 0.15) is 18.0 Å². The Hall–Kier alpha value is -3.99. The molecule has 0 aliphatic heterocycles. The van der Waals surface area contributed by atoms with Gasteiger partial charge in [0.15, 0.2) is 0 Å². The fourth-order valence-electron chi connectivity index (χ4n) is 5.73. The molecule has 0 bridgehead atoms. The summed E-state index contributed by atoms with van der Waals surface area (Å²) in [6, 6.07) is 7.46. The molecule has 11 heteroatoms. The highest BCUT2D eigenvalue weighted by molar-refractivity contribution is 6.14. The number of aliphatic hydroxyl groups excluding tert-OH is 1. The van der Waals surface area contributed by atoms with Crippen molar-refractivity contribution < 1.29 is 18.6 Å². The number of benzene rings is 1. The van der Waals surface area contributed by atoms with Gasteiger partial charge >= 0.3 is 12.2 Å². The molecule has 1 saturated carbocycles.